The number of aromatic nitrogens is 3. The van der Waals surface area contributed by atoms with Crippen molar-refractivity contribution in [2.24, 2.45) is 5.10 Å². The SMILES string of the molecule is Cc1cccc(Cn2c(C)c(C=Nn3c(C(C)C)nc4ccc(Br)cc4c3=O)c3ccccc32)c1. The van der Waals surface area contributed by atoms with Gasteiger partial charge in [-0.1, -0.05) is 77.8 Å². The lowest BCUT2D eigenvalue weighted by Gasteiger charge is -2.12. The maximum atomic E-state index is 13.4. The minimum absolute atomic E-state index is 0.0386. The molecule has 0 aliphatic carbocycles. The van der Waals surface area contributed by atoms with E-state index in [0.717, 1.165) is 33.2 Å². The molecule has 176 valence electrons. The third kappa shape index (κ3) is 4.34. The Balaban J connectivity index is 1.66. The Bertz CT molecular complexity index is 1660. The van der Waals surface area contributed by atoms with Crippen LogP contribution in [0.2, 0.25) is 0 Å². The molecule has 6 heteroatoms. The number of para-hydroxylation sites is 1. The summed E-state index contributed by atoms with van der Waals surface area (Å²) in [5.74, 6) is 0.680. The molecule has 0 bridgehead atoms. The normalized spacial score (nSPS) is 11.9. The molecule has 0 saturated carbocycles. The van der Waals surface area contributed by atoms with E-state index in [-0.39, 0.29) is 11.5 Å². The maximum absolute atomic E-state index is 13.4. The number of nitrogens with zero attached hydrogens (tertiary/aromatic N) is 4. The Labute approximate surface area is 212 Å². The Morgan fingerprint density at radius 2 is 1.80 bits per heavy atom. The van der Waals surface area contributed by atoms with Crippen LogP contribution in [0.1, 0.15) is 48.0 Å². The van der Waals surface area contributed by atoms with Gasteiger partial charge in [0.25, 0.3) is 5.56 Å². The van der Waals surface area contributed by atoms with Crippen molar-refractivity contribution in [2.75, 3.05) is 0 Å². The molecule has 5 rings (SSSR count). The van der Waals surface area contributed by atoms with Gasteiger partial charge in [0, 0.05) is 39.1 Å². The van der Waals surface area contributed by atoms with Gasteiger partial charge in [0.15, 0.2) is 0 Å². The minimum atomic E-state index is -0.169. The third-order valence-electron chi connectivity index (χ3n) is 6.35. The summed E-state index contributed by atoms with van der Waals surface area (Å²) in [6, 6.07) is 22.5. The lowest BCUT2D eigenvalue weighted by Crippen LogP contribution is -2.23. The standard InChI is InChI=1S/C29H27BrN4O/c1-18(2)28-32-26-13-12-22(30)15-24(26)29(35)34(28)31-16-25-20(4)33(27-11-6-5-10-23(25)27)17-21-9-7-8-19(3)14-21/h5-16,18H,17H2,1-4H3. The summed E-state index contributed by atoms with van der Waals surface area (Å²) in [7, 11) is 0. The van der Waals surface area contributed by atoms with Crippen LogP contribution in [0.25, 0.3) is 21.8 Å². The number of halogens is 1. The van der Waals surface area contributed by atoms with Crippen LogP contribution in [0.3, 0.4) is 0 Å². The molecule has 0 N–H and O–H groups in total. The molecule has 35 heavy (non-hydrogen) atoms. The van der Waals surface area contributed by atoms with Gasteiger partial charge < -0.3 is 4.57 Å². The van der Waals surface area contributed by atoms with E-state index in [2.05, 4.69) is 76.8 Å². The van der Waals surface area contributed by atoms with E-state index in [0.29, 0.717) is 16.7 Å². The predicted octanol–water partition coefficient (Wildman–Crippen LogP) is 6.78. The first kappa shape index (κ1) is 23.2. The van der Waals surface area contributed by atoms with Crippen molar-refractivity contribution in [3.63, 3.8) is 0 Å². The van der Waals surface area contributed by atoms with Crippen molar-refractivity contribution in [1.29, 1.82) is 0 Å². The lowest BCUT2D eigenvalue weighted by atomic mass is 10.1. The maximum Gasteiger partial charge on any atom is 0.282 e. The monoisotopic (exact) mass is 526 g/mol. The number of hydrogen-bond donors (Lipinski definition) is 0. The zero-order valence-electron chi connectivity index (χ0n) is 20.3. The highest BCUT2D eigenvalue weighted by Crippen LogP contribution is 2.26. The molecule has 2 heterocycles. The number of hydrogen-bond acceptors (Lipinski definition) is 3. The van der Waals surface area contributed by atoms with Crippen LogP contribution in [-0.2, 0) is 6.54 Å². The van der Waals surface area contributed by atoms with E-state index in [1.807, 2.05) is 38.3 Å². The van der Waals surface area contributed by atoms with E-state index in [1.165, 1.54) is 15.8 Å². The summed E-state index contributed by atoms with van der Waals surface area (Å²) >= 11 is 3.47. The molecule has 0 amide bonds. The quantitative estimate of drug-likeness (QED) is 0.237. The van der Waals surface area contributed by atoms with Crippen LogP contribution < -0.4 is 5.56 Å². The molecule has 0 fully saturated rings. The second kappa shape index (κ2) is 9.27. The largest absolute Gasteiger partial charge is 0.340 e. The van der Waals surface area contributed by atoms with Crippen molar-refractivity contribution < 1.29 is 0 Å². The minimum Gasteiger partial charge on any atom is -0.340 e. The van der Waals surface area contributed by atoms with Gasteiger partial charge in [0.05, 0.1) is 17.1 Å². The fourth-order valence-electron chi connectivity index (χ4n) is 4.58. The summed E-state index contributed by atoms with van der Waals surface area (Å²) in [6.07, 6.45) is 1.81. The lowest BCUT2D eigenvalue weighted by molar-refractivity contribution is 0.665. The van der Waals surface area contributed by atoms with Crippen molar-refractivity contribution in [2.45, 2.75) is 40.2 Å². The molecule has 5 nitrogen and oxygen atoms in total. The Morgan fingerprint density at radius 3 is 2.57 bits per heavy atom. The van der Waals surface area contributed by atoms with E-state index in [4.69, 9.17) is 10.1 Å². The topological polar surface area (TPSA) is 52.2 Å². The average Bonchev–Trinajstić information content (AvgIpc) is 3.09. The van der Waals surface area contributed by atoms with Gasteiger partial charge in [0.2, 0.25) is 0 Å². The first-order chi connectivity index (χ1) is 16.8. The van der Waals surface area contributed by atoms with Crippen LogP contribution in [0, 0.1) is 13.8 Å². The molecule has 5 aromatic rings. The number of benzene rings is 3. The summed E-state index contributed by atoms with van der Waals surface area (Å²) < 4.78 is 4.60. The number of rotatable bonds is 5. The van der Waals surface area contributed by atoms with Gasteiger partial charge in [-0.05, 0) is 43.7 Å². The third-order valence-corrected chi connectivity index (χ3v) is 6.85. The smallest absolute Gasteiger partial charge is 0.282 e. The van der Waals surface area contributed by atoms with Crippen LogP contribution in [-0.4, -0.2) is 20.4 Å². The summed E-state index contributed by atoms with van der Waals surface area (Å²) in [4.78, 5) is 18.2. The summed E-state index contributed by atoms with van der Waals surface area (Å²) in [6.45, 7) is 9.04. The van der Waals surface area contributed by atoms with Crippen molar-refractivity contribution in [3.8, 4) is 0 Å². The zero-order chi connectivity index (χ0) is 24.7. The Morgan fingerprint density at radius 1 is 1.00 bits per heavy atom. The molecule has 0 atom stereocenters. The molecular weight excluding hydrogens is 500 g/mol. The Hall–Kier alpha value is -3.51. The highest BCUT2D eigenvalue weighted by atomic mass is 79.9. The second-order valence-electron chi connectivity index (χ2n) is 9.24. The first-order valence-electron chi connectivity index (χ1n) is 11.7. The van der Waals surface area contributed by atoms with Crippen LogP contribution in [0.4, 0.5) is 0 Å². The predicted molar refractivity (Wildman–Crippen MR) is 148 cm³/mol. The fraction of sp³-hybridized carbons (Fsp3) is 0.207. The summed E-state index contributed by atoms with van der Waals surface area (Å²) in [5.41, 5.74) is 6.26. The molecule has 0 radical (unpaired) electrons. The Kier molecular flexibility index (Phi) is 6.15. The molecule has 0 aliphatic rings. The number of fused-ring (bicyclic) bond motifs is 2. The number of aryl methyl sites for hydroxylation is 1. The van der Waals surface area contributed by atoms with Gasteiger partial charge in [-0.25, -0.2) is 4.98 Å². The molecular formula is C29H27BrN4O. The van der Waals surface area contributed by atoms with Gasteiger partial charge in [0.1, 0.15) is 5.82 Å². The van der Waals surface area contributed by atoms with Gasteiger partial charge >= 0.3 is 0 Å². The molecule has 0 spiro atoms. The van der Waals surface area contributed by atoms with E-state index < -0.39 is 0 Å². The highest BCUT2D eigenvalue weighted by Gasteiger charge is 2.16. The molecule has 0 saturated heterocycles. The van der Waals surface area contributed by atoms with Crippen LogP contribution in [0.15, 0.2) is 81.1 Å². The summed E-state index contributed by atoms with van der Waals surface area (Å²) in [5, 5.41) is 6.36. The van der Waals surface area contributed by atoms with Gasteiger partial charge in [-0.3, -0.25) is 4.79 Å². The van der Waals surface area contributed by atoms with Gasteiger partial charge in [-0.2, -0.15) is 9.78 Å². The molecule has 0 aliphatic heterocycles. The average molecular weight is 527 g/mol. The van der Waals surface area contributed by atoms with E-state index in [1.54, 1.807) is 6.07 Å². The zero-order valence-corrected chi connectivity index (χ0v) is 21.9. The van der Waals surface area contributed by atoms with Gasteiger partial charge in [-0.15, -0.1) is 0 Å². The van der Waals surface area contributed by atoms with Crippen molar-refractivity contribution >= 4 is 44.0 Å². The van der Waals surface area contributed by atoms with Crippen molar-refractivity contribution in [1.82, 2.24) is 14.2 Å². The first-order valence-corrected chi connectivity index (χ1v) is 12.5. The molecule has 3 aromatic carbocycles. The fourth-order valence-corrected chi connectivity index (χ4v) is 4.95. The van der Waals surface area contributed by atoms with Crippen molar-refractivity contribution in [3.05, 3.63) is 110 Å². The van der Waals surface area contributed by atoms with Crippen LogP contribution >= 0.6 is 15.9 Å². The molecule has 2 aromatic heterocycles. The highest BCUT2D eigenvalue weighted by molar-refractivity contribution is 9.10. The second-order valence-corrected chi connectivity index (χ2v) is 10.2. The van der Waals surface area contributed by atoms with E-state index >= 15 is 0 Å². The van der Waals surface area contributed by atoms with Crippen LogP contribution in [0.5, 0.6) is 0 Å². The van der Waals surface area contributed by atoms with E-state index in [9.17, 15) is 4.79 Å². The molecule has 0 unspecified atom stereocenters.